The third-order valence-corrected chi connectivity index (χ3v) is 4.82. The van der Waals surface area contributed by atoms with Gasteiger partial charge in [0.05, 0.1) is 32.0 Å². The lowest BCUT2D eigenvalue weighted by Gasteiger charge is -2.26. The van der Waals surface area contributed by atoms with Crippen LogP contribution in [0.1, 0.15) is 29.8 Å². The first-order chi connectivity index (χ1) is 14.0. The predicted molar refractivity (Wildman–Crippen MR) is 113 cm³/mol. The van der Waals surface area contributed by atoms with Crippen molar-refractivity contribution in [3.8, 4) is 16.9 Å². The topological polar surface area (TPSA) is 67.6 Å². The zero-order valence-electron chi connectivity index (χ0n) is 17.1. The zero-order valence-corrected chi connectivity index (χ0v) is 17.1. The van der Waals surface area contributed by atoms with Crippen molar-refractivity contribution in [2.24, 2.45) is 0 Å². The van der Waals surface area contributed by atoms with E-state index in [1.807, 2.05) is 55.1 Å². The molecule has 0 aliphatic rings. The summed E-state index contributed by atoms with van der Waals surface area (Å²) in [5, 5.41) is 13.2. The Morgan fingerprint density at radius 2 is 1.90 bits per heavy atom. The predicted octanol–water partition coefficient (Wildman–Crippen LogP) is 3.60. The number of carbonyl (C=O) groups is 1. The number of aromatic nitrogens is 2. The highest BCUT2D eigenvalue weighted by Crippen LogP contribution is 2.29. The lowest BCUT2D eigenvalue weighted by atomic mass is 10.0. The van der Waals surface area contributed by atoms with Crippen LogP contribution in [0.3, 0.4) is 0 Å². The Morgan fingerprint density at radius 1 is 1.17 bits per heavy atom. The molecule has 152 valence electrons. The molecule has 6 heteroatoms. The average Bonchev–Trinajstić information content (AvgIpc) is 3.21. The molecule has 0 atom stereocenters. The van der Waals surface area contributed by atoms with Crippen LogP contribution in [0.5, 0.6) is 5.75 Å². The number of hydrogen-bond acceptors (Lipinski definition) is 4. The molecule has 0 spiro atoms. The molecule has 3 aromatic rings. The monoisotopic (exact) mass is 393 g/mol. The van der Waals surface area contributed by atoms with Gasteiger partial charge in [0.1, 0.15) is 5.75 Å². The van der Waals surface area contributed by atoms with E-state index in [4.69, 9.17) is 9.84 Å². The van der Waals surface area contributed by atoms with Crippen molar-refractivity contribution in [2.45, 2.75) is 33.0 Å². The first-order valence-corrected chi connectivity index (χ1v) is 9.70. The Labute approximate surface area is 171 Å². The van der Waals surface area contributed by atoms with Gasteiger partial charge in [-0.05, 0) is 31.0 Å². The van der Waals surface area contributed by atoms with Gasteiger partial charge in [-0.3, -0.25) is 9.48 Å². The van der Waals surface area contributed by atoms with Crippen molar-refractivity contribution in [3.63, 3.8) is 0 Å². The molecule has 0 saturated heterocycles. The van der Waals surface area contributed by atoms with Crippen LogP contribution < -0.4 is 4.74 Å². The molecule has 0 unspecified atom stereocenters. The van der Waals surface area contributed by atoms with E-state index in [0.29, 0.717) is 18.7 Å². The standard InChI is InChI=1S/C23H27N3O3/c1-17(2)26(23(28)20-14-24-25(16-20)12-13-27)15-18-8-10-19(11-9-18)21-6-4-5-7-22(21)29-3/h4-11,14,16-17,27H,12-13,15H2,1-3H3. The van der Waals surface area contributed by atoms with E-state index in [0.717, 1.165) is 22.4 Å². The first-order valence-electron chi connectivity index (χ1n) is 9.70. The summed E-state index contributed by atoms with van der Waals surface area (Å²) in [4.78, 5) is 14.8. The number of ether oxygens (including phenoxy) is 1. The number of hydrogen-bond donors (Lipinski definition) is 1. The van der Waals surface area contributed by atoms with Gasteiger partial charge < -0.3 is 14.7 Å². The molecule has 0 saturated carbocycles. The van der Waals surface area contributed by atoms with Gasteiger partial charge in [-0.2, -0.15) is 5.10 Å². The molecule has 0 bridgehead atoms. The smallest absolute Gasteiger partial charge is 0.257 e. The van der Waals surface area contributed by atoms with Gasteiger partial charge in [0.15, 0.2) is 0 Å². The van der Waals surface area contributed by atoms with Crippen molar-refractivity contribution >= 4 is 5.91 Å². The second-order valence-corrected chi connectivity index (χ2v) is 7.14. The number of rotatable bonds is 8. The SMILES string of the molecule is COc1ccccc1-c1ccc(CN(C(=O)c2cnn(CCO)c2)C(C)C)cc1. The molecule has 1 amide bonds. The number of carbonyl (C=O) groups excluding carboxylic acids is 1. The normalized spacial score (nSPS) is 10.9. The van der Waals surface area contributed by atoms with Crippen LogP contribution in [-0.2, 0) is 13.1 Å². The lowest BCUT2D eigenvalue weighted by Crippen LogP contribution is -2.36. The minimum atomic E-state index is -0.0713. The van der Waals surface area contributed by atoms with Gasteiger partial charge in [0.2, 0.25) is 0 Å². The average molecular weight is 393 g/mol. The van der Waals surface area contributed by atoms with Gasteiger partial charge in [-0.25, -0.2) is 0 Å². The van der Waals surface area contributed by atoms with Crippen LogP contribution in [0.4, 0.5) is 0 Å². The molecule has 2 aromatic carbocycles. The molecular weight excluding hydrogens is 366 g/mol. The first kappa shape index (κ1) is 20.6. The maximum Gasteiger partial charge on any atom is 0.257 e. The van der Waals surface area contributed by atoms with E-state index in [2.05, 4.69) is 17.2 Å². The summed E-state index contributed by atoms with van der Waals surface area (Å²) < 4.78 is 7.03. The summed E-state index contributed by atoms with van der Waals surface area (Å²) in [7, 11) is 1.67. The van der Waals surface area contributed by atoms with E-state index in [1.165, 1.54) is 0 Å². The van der Waals surface area contributed by atoms with Crippen LogP contribution >= 0.6 is 0 Å². The molecule has 6 nitrogen and oxygen atoms in total. The molecular formula is C23H27N3O3. The van der Waals surface area contributed by atoms with Crippen molar-refractivity contribution in [2.75, 3.05) is 13.7 Å². The number of methoxy groups -OCH3 is 1. The van der Waals surface area contributed by atoms with Gasteiger partial charge in [-0.1, -0.05) is 42.5 Å². The van der Waals surface area contributed by atoms with Crippen molar-refractivity contribution in [3.05, 3.63) is 72.1 Å². The summed E-state index contributed by atoms with van der Waals surface area (Å²) in [5.74, 6) is 0.761. The highest BCUT2D eigenvalue weighted by atomic mass is 16.5. The summed E-state index contributed by atoms with van der Waals surface area (Å²) in [6.45, 7) is 4.87. The summed E-state index contributed by atoms with van der Waals surface area (Å²) >= 11 is 0. The molecule has 0 radical (unpaired) electrons. The third-order valence-electron chi connectivity index (χ3n) is 4.82. The maximum absolute atomic E-state index is 13.0. The Morgan fingerprint density at radius 3 is 2.55 bits per heavy atom. The highest BCUT2D eigenvalue weighted by molar-refractivity contribution is 5.93. The highest BCUT2D eigenvalue weighted by Gasteiger charge is 2.20. The van der Waals surface area contributed by atoms with E-state index in [9.17, 15) is 4.79 Å². The van der Waals surface area contributed by atoms with Crippen LogP contribution in [0.25, 0.3) is 11.1 Å². The largest absolute Gasteiger partial charge is 0.496 e. The molecule has 1 N–H and O–H groups in total. The number of benzene rings is 2. The van der Waals surface area contributed by atoms with E-state index < -0.39 is 0 Å². The van der Waals surface area contributed by atoms with Gasteiger partial charge >= 0.3 is 0 Å². The van der Waals surface area contributed by atoms with Crippen molar-refractivity contribution in [1.29, 1.82) is 0 Å². The Bertz CT molecular complexity index is 948. The second-order valence-electron chi connectivity index (χ2n) is 7.14. The zero-order chi connectivity index (χ0) is 20.8. The van der Waals surface area contributed by atoms with Gasteiger partial charge in [-0.15, -0.1) is 0 Å². The van der Waals surface area contributed by atoms with Crippen LogP contribution in [0, 0.1) is 0 Å². The molecule has 29 heavy (non-hydrogen) atoms. The van der Waals surface area contributed by atoms with E-state index in [1.54, 1.807) is 24.2 Å². The minimum Gasteiger partial charge on any atom is -0.496 e. The van der Waals surface area contributed by atoms with Crippen molar-refractivity contribution in [1.82, 2.24) is 14.7 Å². The molecule has 0 aliphatic carbocycles. The molecule has 1 aromatic heterocycles. The third kappa shape index (κ3) is 4.84. The fourth-order valence-electron chi connectivity index (χ4n) is 3.22. The fraction of sp³-hybridized carbons (Fsp3) is 0.304. The maximum atomic E-state index is 13.0. The molecule has 0 fully saturated rings. The number of aliphatic hydroxyl groups is 1. The van der Waals surface area contributed by atoms with E-state index in [-0.39, 0.29) is 18.6 Å². The summed E-state index contributed by atoms with van der Waals surface area (Å²) in [6.07, 6.45) is 3.23. The second kappa shape index (κ2) is 9.39. The fourth-order valence-corrected chi connectivity index (χ4v) is 3.22. The minimum absolute atomic E-state index is 0.0121. The number of aliphatic hydroxyl groups excluding tert-OH is 1. The number of nitrogens with zero attached hydrogens (tertiary/aromatic N) is 3. The van der Waals surface area contributed by atoms with Crippen LogP contribution in [0.15, 0.2) is 60.9 Å². The number of para-hydroxylation sites is 1. The molecule has 1 heterocycles. The quantitative estimate of drug-likeness (QED) is 0.635. The Hall–Kier alpha value is -3.12. The molecule has 3 rings (SSSR count). The molecule has 0 aliphatic heterocycles. The summed E-state index contributed by atoms with van der Waals surface area (Å²) in [6, 6.07) is 16.1. The van der Waals surface area contributed by atoms with Crippen molar-refractivity contribution < 1.29 is 14.6 Å². The lowest BCUT2D eigenvalue weighted by molar-refractivity contribution is 0.0690. The van der Waals surface area contributed by atoms with Gasteiger partial charge in [0, 0.05) is 24.3 Å². The number of amides is 1. The van der Waals surface area contributed by atoms with Crippen LogP contribution in [0.2, 0.25) is 0 Å². The summed E-state index contributed by atoms with van der Waals surface area (Å²) in [5.41, 5.74) is 3.68. The Kier molecular flexibility index (Phi) is 6.67. The Balaban J connectivity index is 1.77. The van der Waals surface area contributed by atoms with Crippen LogP contribution in [-0.4, -0.2) is 45.5 Å². The van der Waals surface area contributed by atoms with E-state index >= 15 is 0 Å². The van der Waals surface area contributed by atoms with Gasteiger partial charge in [0.25, 0.3) is 5.91 Å².